The zero-order valence-electron chi connectivity index (χ0n) is 10.9. The lowest BCUT2D eigenvalue weighted by Gasteiger charge is -2.25. The number of halogens is 1. The second-order valence-corrected chi connectivity index (χ2v) is 5.83. The fraction of sp³-hybridized carbons (Fsp3) is 0.467. The van der Waals surface area contributed by atoms with E-state index < -0.39 is 0 Å². The number of aromatic nitrogens is 2. The highest BCUT2D eigenvalue weighted by Gasteiger charge is 2.25. The Labute approximate surface area is 122 Å². The van der Waals surface area contributed by atoms with E-state index in [9.17, 15) is 0 Å². The van der Waals surface area contributed by atoms with Crippen molar-refractivity contribution in [1.82, 2.24) is 9.97 Å². The molecule has 1 aromatic heterocycles. The van der Waals surface area contributed by atoms with Gasteiger partial charge < -0.3 is 4.90 Å². The Morgan fingerprint density at radius 2 is 2.11 bits per heavy atom. The van der Waals surface area contributed by atoms with E-state index in [-0.39, 0.29) is 0 Å². The Morgan fingerprint density at radius 1 is 1.26 bits per heavy atom. The number of benzene rings is 1. The second kappa shape index (κ2) is 5.87. The van der Waals surface area contributed by atoms with Crippen molar-refractivity contribution in [3.63, 3.8) is 0 Å². The summed E-state index contributed by atoms with van der Waals surface area (Å²) >= 11 is 3.52. The minimum Gasteiger partial charge on any atom is -0.352 e. The maximum Gasteiger partial charge on any atom is 0.148 e. The average Bonchev–Trinajstić information content (AvgIpc) is 2.93. The van der Waals surface area contributed by atoms with Gasteiger partial charge in [0.15, 0.2) is 0 Å². The normalized spacial score (nSPS) is 19.2. The molecule has 1 aromatic carbocycles. The van der Waals surface area contributed by atoms with Gasteiger partial charge in [0.2, 0.25) is 0 Å². The van der Waals surface area contributed by atoms with E-state index in [1.807, 2.05) is 30.5 Å². The van der Waals surface area contributed by atoms with Gasteiger partial charge in [0.05, 0.1) is 17.2 Å². The molecule has 19 heavy (non-hydrogen) atoms. The Kier molecular flexibility index (Phi) is 3.97. The Bertz CT molecular complexity index is 558. The quantitative estimate of drug-likeness (QED) is 0.803. The van der Waals surface area contributed by atoms with Gasteiger partial charge in [-0.3, -0.25) is 4.98 Å². The molecule has 3 rings (SSSR count). The van der Waals surface area contributed by atoms with E-state index in [4.69, 9.17) is 4.98 Å². The van der Waals surface area contributed by atoms with Crippen LogP contribution in [-0.2, 0) is 0 Å². The van der Waals surface area contributed by atoms with Gasteiger partial charge in [0, 0.05) is 17.9 Å². The SMILES string of the molecule is BrCCCC1CCCN1c1cnc2ccccc2n1. The molecule has 0 radical (unpaired) electrons. The molecule has 3 nitrogen and oxygen atoms in total. The summed E-state index contributed by atoms with van der Waals surface area (Å²) in [6.07, 6.45) is 6.93. The zero-order valence-corrected chi connectivity index (χ0v) is 12.5. The number of para-hydroxylation sites is 2. The van der Waals surface area contributed by atoms with Crippen molar-refractivity contribution in [2.24, 2.45) is 0 Å². The summed E-state index contributed by atoms with van der Waals surface area (Å²) in [7, 11) is 0. The van der Waals surface area contributed by atoms with Gasteiger partial charge in [-0.1, -0.05) is 28.1 Å². The Morgan fingerprint density at radius 3 is 2.95 bits per heavy atom. The maximum atomic E-state index is 4.77. The van der Waals surface area contributed by atoms with Gasteiger partial charge in [0.1, 0.15) is 5.82 Å². The highest BCUT2D eigenvalue weighted by molar-refractivity contribution is 9.09. The van der Waals surface area contributed by atoms with Crippen molar-refractivity contribution in [3.05, 3.63) is 30.5 Å². The molecule has 0 saturated carbocycles. The number of hydrogen-bond donors (Lipinski definition) is 0. The number of nitrogens with zero attached hydrogens (tertiary/aromatic N) is 3. The number of hydrogen-bond acceptors (Lipinski definition) is 3. The fourth-order valence-corrected chi connectivity index (χ4v) is 3.16. The third-order valence-corrected chi connectivity index (χ3v) is 4.34. The molecule has 0 aliphatic carbocycles. The fourth-order valence-electron chi connectivity index (χ4n) is 2.84. The molecule has 2 heterocycles. The van der Waals surface area contributed by atoms with Gasteiger partial charge in [-0.05, 0) is 37.8 Å². The molecule has 1 atom stereocenters. The van der Waals surface area contributed by atoms with Gasteiger partial charge in [0.25, 0.3) is 0 Å². The molecule has 2 aromatic rings. The van der Waals surface area contributed by atoms with Crippen LogP contribution in [0.1, 0.15) is 25.7 Å². The third kappa shape index (κ3) is 2.73. The Balaban J connectivity index is 1.86. The maximum absolute atomic E-state index is 4.77. The first-order valence-electron chi connectivity index (χ1n) is 6.93. The smallest absolute Gasteiger partial charge is 0.148 e. The lowest BCUT2D eigenvalue weighted by atomic mass is 10.1. The highest BCUT2D eigenvalue weighted by atomic mass is 79.9. The topological polar surface area (TPSA) is 29.0 Å². The van der Waals surface area contributed by atoms with Gasteiger partial charge in [-0.15, -0.1) is 0 Å². The standard InChI is InChI=1S/C15H18BrN3/c16-9-3-5-12-6-4-10-19(12)15-11-17-13-7-1-2-8-14(13)18-15/h1-2,7-8,11-12H,3-6,9-10H2. The van der Waals surface area contributed by atoms with E-state index in [1.54, 1.807) is 0 Å². The summed E-state index contributed by atoms with van der Waals surface area (Å²) in [5.41, 5.74) is 1.97. The van der Waals surface area contributed by atoms with E-state index >= 15 is 0 Å². The molecule has 1 fully saturated rings. The molecule has 1 aliphatic heterocycles. The van der Waals surface area contributed by atoms with Crippen molar-refractivity contribution in [1.29, 1.82) is 0 Å². The number of rotatable bonds is 4. The van der Waals surface area contributed by atoms with Crippen LogP contribution in [0, 0.1) is 0 Å². The van der Waals surface area contributed by atoms with E-state index in [0.29, 0.717) is 6.04 Å². The van der Waals surface area contributed by atoms with Crippen LogP contribution in [0.4, 0.5) is 5.82 Å². The van der Waals surface area contributed by atoms with Crippen molar-refractivity contribution in [3.8, 4) is 0 Å². The van der Waals surface area contributed by atoms with E-state index in [0.717, 1.165) is 28.7 Å². The van der Waals surface area contributed by atoms with Crippen LogP contribution in [-0.4, -0.2) is 27.9 Å². The van der Waals surface area contributed by atoms with Crippen LogP contribution in [0.2, 0.25) is 0 Å². The monoisotopic (exact) mass is 319 g/mol. The summed E-state index contributed by atoms with van der Waals surface area (Å²) in [5, 5.41) is 1.08. The van der Waals surface area contributed by atoms with Crippen molar-refractivity contribution < 1.29 is 0 Å². The molecule has 4 heteroatoms. The Hall–Kier alpha value is -1.16. The minimum atomic E-state index is 0.632. The molecule has 1 saturated heterocycles. The predicted molar refractivity (Wildman–Crippen MR) is 82.9 cm³/mol. The first-order valence-corrected chi connectivity index (χ1v) is 8.05. The van der Waals surface area contributed by atoms with E-state index in [1.165, 1.54) is 25.7 Å². The van der Waals surface area contributed by atoms with Crippen LogP contribution < -0.4 is 4.90 Å². The molecule has 0 spiro atoms. The van der Waals surface area contributed by atoms with E-state index in [2.05, 4.69) is 25.8 Å². The molecule has 0 N–H and O–H groups in total. The molecule has 100 valence electrons. The summed E-state index contributed by atoms with van der Waals surface area (Å²) in [6.45, 7) is 1.11. The molecule has 0 bridgehead atoms. The van der Waals surface area contributed by atoms with Crippen LogP contribution in [0.3, 0.4) is 0 Å². The van der Waals surface area contributed by atoms with Crippen molar-refractivity contribution >= 4 is 32.8 Å². The molecular formula is C15H18BrN3. The first-order chi connectivity index (χ1) is 9.38. The second-order valence-electron chi connectivity index (χ2n) is 5.04. The number of fused-ring (bicyclic) bond motifs is 1. The summed E-state index contributed by atoms with van der Waals surface area (Å²) in [6, 6.07) is 8.71. The number of alkyl halides is 1. The molecule has 1 aliphatic rings. The zero-order chi connectivity index (χ0) is 13.1. The third-order valence-electron chi connectivity index (χ3n) is 3.78. The van der Waals surface area contributed by atoms with Crippen molar-refractivity contribution in [2.75, 3.05) is 16.8 Å². The largest absolute Gasteiger partial charge is 0.352 e. The summed E-state index contributed by atoms with van der Waals surface area (Å²) in [5.74, 6) is 1.04. The summed E-state index contributed by atoms with van der Waals surface area (Å²) < 4.78 is 0. The molecular weight excluding hydrogens is 302 g/mol. The first kappa shape index (κ1) is 12.9. The van der Waals surface area contributed by atoms with Crippen LogP contribution in [0.25, 0.3) is 11.0 Å². The molecule has 1 unspecified atom stereocenters. The molecule has 0 amide bonds. The van der Waals surface area contributed by atoms with Crippen molar-refractivity contribution in [2.45, 2.75) is 31.7 Å². The highest BCUT2D eigenvalue weighted by Crippen LogP contribution is 2.27. The predicted octanol–water partition coefficient (Wildman–Crippen LogP) is 3.77. The minimum absolute atomic E-state index is 0.632. The van der Waals surface area contributed by atoms with Crippen LogP contribution in [0.5, 0.6) is 0 Å². The lowest BCUT2D eigenvalue weighted by molar-refractivity contribution is 0.600. The lowest BCUT2D eigenvalue weighted by Crippen LogP contribution is -2.30. The number of anilines is 1. The van der Waals surface area contributed by atoms with Gasteiger partial charge in [-0.25, -0.2) is 4.98 Å². The van der Waals surface area contributed by atoms with Gasteiger partial charge >= 0.3 is 0 Å². The summed E-state index contributed by atoms with van der Waals surface area (Å²) in [4.78, 5) is 11.7. The average molecular weight is 320 g/mol. The van der Waals surface area contributed by atoms with Gasteiger partial charge in [-0.2, -0.15) is 0 Å². The van der Waals surface area contributed by atoms with Crippen LogP contribution >= 0.6 is 15.9 Å². The van der Waals surface area contributed by atoms with Crippen LogP contribution in [0.15, 0.2) is 30.5 Å².